The second-order valence-corrected chi connectivity index (χ2v) is 4.88. The summed E-state index contributed by atoms with van der Waals surface area (Å²) in [6.45, 7) is 0.187. The van der Waals surface area contributed by atoms with Crippen molar-refractivity contribution in [2.75, 3.05) is 6.61 Å². The lowest BCUT2D eigenvalue weighted by atomic mass is 10.1. The molecule has 0 aliphatic carbocycles. The summed E-state index contributed by atoms with van der Waals surface area (Å²) in [4.78, 5) is 0. The molecule has 2 nitrogen and oxygen atoms in total. The Labute approximate surface area is 127 Å². The van der Waals surface area contributed by atoms with Crippen LogP contribution in [0.4, 0.5) is 0 Å². The molecule has 2 aromatic rings. The van der Waals surface area contributed by atoms with Crippen LogP contribution in [0.3, 0.4) is 0 Å². The van der Waals surface area contributed by atoms with E-state index in [4.69, 9.17) is 33.0 Å². The van der Waals surface area contributed by atoms with Gasteiger partial charge in [-0.2, -0.15) is 0 Å². The fourth-order valence-corrected chi connectivity index (χ4v) is 2.18. The first-order valence-corrected chi connectivity index (χ1v) is 6.71. The number of benzene rings is 2. The predicted octanol–water partition coefficient (Wildman–Crippen LogP) is 3.92. The van der Waals surface area contributed by atoms with Gasteiger partial charge in [0.25, 0.3) is 0 Å². The van der Waals surface area contributed by atoms with Gasteiger partial charge < -0.3 is 9.84 Å². The molecular formula is C16H12Cl2O2. The van der Waals surface area contributed by atoms with Gasteiger partial charge in [-0.05, 0) is 24.3 Å². The first kappa shape index (κ1) is 14.7. The van der Waals surface area contributed by atoms with Gasteiger partial charge >= 0.3 is 0 Å². The Bertz CT molecular complexity index is 637. The lowest BCUT2D eigenvalue weighted by Gasteiger charge is -2.09. The second-order valence-electron chi connectivity index (χ2n) is 4.01. The minimum absolute atomic E-state index is 0.168. The summed E-state index contributed by atoms with van der Waals surface area (Å²) in [5, 5.41) is 9.81. The van der Waals surface area contributed by atoms with Crippen molar-refractivity contribution < 1.29 is 9.84 Å². The highest BCUT2D eigenvalue weighted by Gasteiger charge is 2.03. The van der Waals surface area contributed by atoms with E-state index in [1.54, 1.807) is 18.2 Å². The van der Waals surface area contributed by atoms with Crippen LogP contribution in [0.25, 0.3) is 0 Å². The van der Waals surface area contributed by atoms with Gasteiger partial charge in [0.2, 0.25) is 0 Å². The standard InChI is InChI=1S/C16H12Cl2O2/c17-14-8-15(18)10-16(9-14)20-11-13-5-2-1-4-12(13)6-3-7-19/h1-2,4-5,8-10,19H,7,11H2. The first-order valence-electron chi connectivity index (χ1n) is 5.95. The van der Waals surface area contributed by atoms with Crippen LogP contribution in [0.15, 0.2) is 42.5 Å². The van der Waals surface area contributed by atoms with Crippen molar-refractivity contribution >= 4 is 23.2 Å². The molecule has 0 amide bonds. The molecule has 0 bridgehead atoms. The average Bonchev–Trinajstić information content (AvgIpc) is 2.43. The Hall–Kier alpha value is -1.66. The molecular weight excluding hydrogens is 295 g/mol. The fourth-order valence-electron chi connectivity index (χ4n) is 1.68. The minimum Gasteiger partial charge on any atom is -0.489 e. The summed E-state index contributed by atoms with van der Waals surface area (Å²) in [5.74, 6) is 6.12. The van der Waals surface area contributed by atoms with Gasteiger partial charge in [0.05, 0.1) is 0 Å². The van der Waals surface area contributed by atoms with Gasteiger partial charge in [0, 0.05) is 21.2 Å². The molecule has 4 heteroatoms. The number of hydrogen-bond acceptors (Lipinski definition) is 2. The third-order valence-electron chi connectivity index (χ3n) is 2.55. The van der Waals surface area contributed by atoms with E-state index in [1.165, 1.54) is 0 Å². The zero-order valence-corrected chi connectivity index (χ0v) is 12.1. The van der Waals surface area contributed by atoms with Crippen molar-refractivity contribution in [3.05, 3.63) is 63.6 Å². The minimum atomic E-state index is -0.168. The van der Waals surface area contributed by atoms with Gasteiger partial charge in [-0.3, -0.25) is 0 Å². The molecule has 2 aromatic carbocycles. The monoisotopic (exact) mass is 306 g/mol. The van der Waals surface area contributed by atoms with Crippen molar-refractivity contribution in [1.29, 1.82) is 0 Å². The molecule has 0 saturated heterocycles. The number of hydrogen-bond donors (Lipinski definition) is 1. The zero-order valence-electron chi connectivity index (χ0n) is 10.6. The van der Waals surface area contributed by atoms with E-state index in [2.05, 4.69) is 11.8 Å². The largest absolute Gasteiger partial charge is 0.489 e. The number of ether oxygens (including phenoxy) is 1. The highest BCUT2D eigenvalue weighted by Crippen LogP contribution is 2.25. The third kappa shape index (κ3) is 4.18. The fraction of sp³-hybridized carbons (Fsp3) is 0.125. The number of halogens is 2. The maximum atomic E-state index is 8.75. The highest BCUT2D eigenvalue weighted by molar-refractivity contribution is 6.34. The Balaban J connectivity index is 2.14. The van der Waals surface area contributed by atoms with Gasteiger partial charge in [0.1, 0.15) is 19.0 Å². The van der Waals surface area contributed by atoms with Gasteiger partial charge in [-0.25, -0.2) is 0 Å². The molecule has 0 heterocycles. The number of aliphatic hydroxyl groups is 1. The topological polar surface area (TPSA) is 29.5 Å². The lowest BCUT2D eigenvalue weighted by Crippen LogP contribution is -1.98. The van der Waals surface area contributed by atoms with Gasteiger partial charge in [0.15, 0.2) is 0 Å². The Kier molecular flexibility index (Phi) is 5.31. The van der Waals surface area contributed by atoms with Crippen molar-refractivity contribution in [2.24, 2.45) is 0 Å². The zero-order chi connectivity index (χ0) is 14.4. The maximum absolute atomic E-state index is 8.75. The number of aliphatic hydroxyl groups excluding tert-OH is 1. The summed E-state index contributed by atoms with van der Waals surface area (Å²) in [7, 11) is 0. The van der Waals surface area contributed by atoms with Crippen molar-refractivity contribution in [3.8, 4) is 17.6 Å². The van der Waals surface area contributed by atoms with E-state index in [0.717, 1.165) is 11.1 Å². The highest BCUT2D eigenvalue weighted by atomic mass is 35.5. The molecule has 0 spiro atoms. The van der Waals surface area contributed by atoms with Gasteiger partial charge in [-0.15, -0.1) is 0 Å². The molecule has 0 radical (unpaired) electrons. The van der Waals surface area contributed by atoms with Crippen molar-refractivity contribution in [2.45, 2.75) is 6.61 Å². The van der Waals surface area contributed by atoms with Crippen molar-refractivity contribution in [1.82, 2.24) is 0 Å². The number of rotatable bonds is 3. The SMILES string of the molecule is OCC#Cc1ccccc1COc1cc(Cl)cc(Cl)c1. The van der Waals surface area contributed by atoms with E-state index < -0.39 is 0 Å². The van der Waals surface area contributed by atoms with Crippen LogP contribution in [0, 0.1) is 11.8 Å². The molecule has 0 aliphatic heterocycles. The van der Waals surface area contributed by atoms with Crippen LogP contribution in [-0.2, 0) is 6.61 Å². The quantitative estimate of drug-likeness (QED) is 0.871. The Morgan fingerprint density at radius 1 is 1.05 bits per heavy atom. The van der Waals surface area contributed by atoms with Gasteiger partial charge in [-0.1, -0.05) is 53.2 Å². The molecule has 1 N–H and O–H groups in total. The maximum Gasteiger partial charge on any atom is 0.122 e. The van der Waals surface area contributed by atoms with E-state index in [9.17, 15) is 0 Å². The van der Waals surface area contributed by atoms with Crippen LogP contribution >= 0.6 is 23.2 Å². The van der Waals surface area contributed by atoms with E-state index in [-0.39, 0.29) is 6.61 Å². The summed E-state index contributed by atoms with van der Waals surface area (Å²) in [5.41, 5.74) is 1.76. The Morgan fingerprint density at radius 3 is 2.45 bits per heavy atom. The van der Waals surface area contributed by atoms with Crippen molar-refractivity contribution in [3.63, 3.8) is 0 Å². The molecule has 0 aliphatic rings. The van der Waals surface area contributed by atoms with Crippen LogP contribution in [0.5, 0.6) is 5.75 Å². The van der Waals surface area contributed by atoms with Crippen LogP contribution < -0.4 is 4.74 Å². The molecule has 2 rings (SSSR count). The summed E-state index contributed by atoms with van der Waals surface area (Å²) in [6, 6.07) is 12.7. The molecule has 20 heavy (non-hydrogen) atoms. The predicted molar refractivity (Wildman–Crippen MR) is 81.2 cm³/mol. The molecule has 0 atom stereocenters. The summed E-state index contributed by atoms with van der Waals surface area (Å²) < 4.78 is 5.68. The molecule has 0 unspecified atom stereocenters. The summed E-state index contributed by atoms with van der Waals surface area (Å²) in [6.07, 6.45) is 0. The average molecular weight is 307 g/mol. The smallest absolute Gasteiger partial charge is 0.122 e. The molecule has 0 aromatic heterocycles. The normalized spacial score (nSPS) is 9.75. The van der Waals surface area contributed by atoms with E-state index in [1.807, 2.05) is 24.3 Å². The van der Waals surface area contributed by atoms with Crippen LogP contribution in [-0.4, -0.2) is 11.7 Å². The summed E-state index contributed by atoms with van der Waals surface area (Å²) >= 11 is 11.8. The molecule has 0 saturated carbocycles. The molecule has 102 valence electrons. The van der Waals surface area contributed by atoms with Crippen LogP contribution in [0.1, 0.15) is 11.1 Å². The molecule has 0 fully saturated rings. The third-order valence-corrected chi connectivity index (χ3v) is 2.99. The van der Waals surface area contributed by atoms with E-state index in [0.29, 0.717) is 22.4 Å². The second kappa shape index (κ2) is 7.21. The lowest BCUT2D eigenvalue weighted by molar-refractivity contribution is 0.306. The van der Waals surface area contributed by atoms with E-state index >= 15 is 0 Å². The first-order chi connectivity index (χ1) is 9.69. The van der Waals surface area contributed by atoms with Crippen LogP contribution in [0.2, 0.25) is 10.0 Å². The Morgan fingerprint density at radius 2 is 1.75 bits per heavy atom.